The second-order valence-electron chi connectivity index (χ2n) is 9.15. The predicted molar refractivity (Wildman–Crippen MR) is 123 cm³/mol. The molecule has 1 amide bonds. The number of carbonyl (C=O) groups excluding carboxylic acids is 1. The summed E-state index contributed by atoms with van der Waals surface area (Å²) in [5.74, 6) is 3.96. The molecular formula is C26H24N6O. The molecule has 1 atom stereocenters. The van der Waals surface area contributed by atoms with Crippen molar-refractivity contribution in [1.82, 2.24) is 14.9 Å². The maximum Gasteiger partial charge on any atom is 0.226 e. The molecule has 5 rings (SSSR count). The van der Waals surface area contributed by atoms with Gasteiger partial charge in [-0.3, -0.25) is 4.79 Å². The van der Waals surface area contributed by atoms with Gasteiger partial charge in [0.2, 0.25) is 5.91 Å². The van der Waals surface area contributed by atoms with Crippen molar-refractivity contribution in [2.75, 3.05) is 24.5 Å². The van der Waals surface area contributed by atoms with E-state index in [2.05, 4.69) is 34.9 Å². The Labute approximate surface area is 193 Å². The largest absolute Gasteiger partial charge is 0.352 e. The lowest BCUT2D eigenvalue weighted by Crippen LogP contribution is -2.54. The molecule has 1 unspecified atom stereocenters. The Balaban J connectivity index is 1.53. The topological polar surface area (TPSA) is 96.9 Å². The van der Waals surface area contributed by atoms with Gasteiger partial charge in [-0.05, 0) is 44.7 Å². The monoisotopic (exact) mass is 436 g/mol. The number of nitrogens with zero attached hydrogens (tertiary/aromatic N) is 6. The maximum atomic E-state index is 12.6. The highest BCUT2D eigenvalue weighted by atomic mass is 16.2. The number of pyridine rings is 2. The van der Waals surface area contributed by atoms with E-state index in [9.17, 15) is 15.3 Å². The Morgan fingerprint density at radius 3 is 2.45 bits per heavy atom. The van der Waals surface area contributed by atoms with Crippen molar-refractivity contribution < 1.29 is 4.79 Å². The number of carbonyl (C=O) groups is 1. The molecular weight excluding hydrogens is 412 g/mol. The minimum atomic E-state index is 0.0628. The van der Waals surface area contributed by atoms with Crippen molar-refractivity contribution >= 4 is 11.7 Å². The summed E-state index contributed by atoms with van der Waals surface area (Å²) < 4.78 is 0. The minimum absolute atomic E-state index is 0.0628. The number of anilines is 1. The van der Waals surface area contributed by atoms with Crippen molar-refractivity contribution in [3.05, 3.63) is 40.8 Å². The maximum absolute atomic E-state index is 12.6. The first-order valence-electron chi connectivity index (χ1n) is 11.4. The highest BCUT2D eigenvalue weighted by Gasteiger charge is 2.38. The van der Waals surface area contributed by atoms with Gasteiger partial charge in [0, 0.05) is 54.8 Å². The van der Waals surface area contributed by atoms with Crippen molar-refractivity contribution in [1.29, 1.82) is 10.5 Å². The molecule has 0 N–H and O–H groups in total. The van der Waals surface area contributed by atoms with E-state index in [-0.39, 0.29) is 17.9 Å². The Morgan fingerprint density at radius 2 is 1.85 bits per heavy atom. The van der Waals surface area contributed by atoms with Gasteiger partial charge in [-0.25, -0.2) is 9.97 Å². The van der Waals surface area contributed by atoms with Crippen LogP contribution < -0.4 is 4.90 Å². The van der Waals surface area contributed by atoms with Gasteiger partial charge in [-0.1, -0.05) is 5.92 Å². The molecule has 0 spiro atoms. The summed E-state index contributed by atoms with van der Waals surface area (Å²) in [7, 11) is 0. The summed E-state index contributed by atoms with van der Waals surface area (Å²) in [6, 6.07) is 8.14. The summed E-state index contributed by atoms with van der Waals surface area (Å²) in [6.45, 7) is 3.99. The van der Waals surface area contributed by atoms with E-state index in [0.717, 1.165) is 36.9 Å². The van der Waals surface area contributed by atoms with E-state index in [0.29, 0.717) is 53.8 Å². The second-order valence-corrected chi connectivity index (χ2v) is 9.15. The van der Waals surface area contributed by atoms with Crippen molar-refractivity contribution in [2.24, 2.45) is 5.92 Å². The number of piperazine rings is 1. The molecule has 7 heteroatoms. The lowest BCUT2D eigenvalue weighted by molar-refractivity contribution is -0.134. The Kier molecular flexibility index (Phi) is 5.23. The molecule has 0 aromatic carbocycles. The molecule has 1 saturated heterocycles. The lowest BCUT2D eigenvalue weighted by Gasteiger charge is -2.41. The fourth-order valence-corrected chi connectivity index (χ4v) is 4.61. The quantitative estimate of drug-likeness (QED) is 0.683. The number of hydrogen-bond acceptors (Lipinski definition) is 6. The zero-order valence-electron chi connectivity index (χ0n) is 18.6. The van der Waals surface area contributed by atoms with Crippen molar-refractivity contribution in [3.63, 3.8) is 0 Å². The highest BCUT2D eigenvalue weighted by molar-refractivity contribution is 5.82. The average Bonchev–Trinajstić information content (AvgIpc) is 3.75. The van der Waals surface area contributed by atoms with Gasteiger partial charge < -0.3 is 9.80 Å². The molecule has 2 aliphatic carbocycles. The summed E-state index contributed by atoms with van der Waals surface area (Å²) >= 11 is 0. The van der Waals surface area contributed by atoms with Crippen LogP contribution >= 0.6 is 0 Å². The van der Waals surface area contributed by atoms with E-state index in [1.807, 2.05) is 11.0 Å². The number of nitriles is 2. The molecule has 164 valence electrons. The van der Waals surface area contributed by atoms with Crippen LogP contribution in [0.3, 0.4) is 0 Å². The van der Waals surface area contributed by atoms with Gasteiger partial charge in [0.05, 0.1) is 16.8 Å². The fourth-order valence-electron chi connectivity index (χ4n) is 4.61. The van der Waals surface area contributed by atoms with Crippen LogP contribution in [0.15, 0.2) is 18.3 Å². The van der Waals surface area contributed by atoms with Crippen LogP contribution in [-0.2, 0) is 4.79 Å². The molecule has 0 bridgehead atoms. The summed E-state index contributed by atoms with van der Waals surface area (Å²) in [4.78, 5) is 25.8. The normalized spacial score (nSPS) is 20.0. The first-order chi connectivity index (χ1) is 16.0. The minimum Gasteiger partial charge on any atom is -0.352 e. The van der Waals surface area contributed by atoms with E-state index in [4.69, 9.17) is 11.4 Å². The van der Waals surface area contributed by atoms with Crippen LogP contribution in [0.4, 0.5) is 5.82 Å². The van der Waals surface area contributed by atoms with E-state index in [1.165, 1.54) is 6.20 Å². The summed E-state index contributed by atoms with van der Waals surface area (Å²) in [6.07, 6.45) is 11.1. The third-order valence-electron chi connectivity index (χ3n) is 6.72. The number of terminal acetylenes is 1. The summed E-state index contributed by atoms with van der Waals surface area (Å²) in [5, 5.41) is 19.6. The van der Waals surface area contributed by atoms with Gasteiger partial charge in [0.25, 0.3) is 0 Å². The molecule has 7 nitrogen and oxygen atoms in total. The van der Waals surface area contributed by atoms with E-state index < -0.39 is 0 Å². The number of hydrogen-bond donors (Lipinski definition) is 0. The summed E-state index contributed by atoms with van der Waals surface area (Å²) in [5.41, 5.74) is 3.68. The van der Waals surface area contributed by atoms with E-state index >= 15 is 0 Å². The highest BCUT2D eigenvalue weighted by Crippen LogP contribution is 2.45. The first kappa shape index (κ1) is 21.0. The predicted octanol–water partition coefficient (Wildman–Crippen LogP) is 3.19. The molecule has 3 aliphatic rings. The molecule has 2 aromatic rings. The van der Waals surface area contributed by atoms with Crippen LogP contribution in [0.25, 0.3) is 11.1 Å². The van der Waals surface area contributed by atoms with Crippen LogP contribution in [-0.4, -0.2) is 46.5 Å². The molecule has 0 radical (unpaired) electrons. The van der Waals surface area contributed by atoms with Crippen LogP contribution in [0.5, 0.6) is 0 Å². The van der Waals surface area contributed by atoms with Gasteiger partial charge in [-0.2, -0.15) is 10.5 Å². The number of aromatic nitrogens is 2. The number of rotatable bonds is 4. The van der Waals surface area contributed by atoms with E-state index in [1.54, 1.807) is 6.07 Å². The molecule has 1 aliphatic heterocycles. The van der Waals surface area contributed by atoms with Gasteiger partial charge in [-0.15, -0.1) is 6.42 Å². The fraction of sp³-hybridized carbons (Fsp3) is 0.423. The van der Waals surface area contributed by atoms with Crippen molar-refractivity contribution in [3.8, 4) is 35.6 Å². The Bertz CT molecular complexity index is 1260. The zero-order valence-corrected chi connectivity index (χ0v) is 18.6. The van der Waals surface area contributed by atoms with Gasteiger partial charge in [0.1, 0.15) is 23.7 Å². The first-order valence-corrected chi connectivity index (χ1v) is 11.4. The Morgan fingerprint density at radius 1 is 1.09 bits per heavy atom. The van der Waals surface area contributed by atoms with Gasteiger partial charge >= 0.3 is 0 Å². The van der Waals surface area contributed by atoms with Gasteiger partial charge in [0.15, 0.2) is 0 Å². The molecule has 3 fully saturated rings. The second kappa shape index (κ2) is 8.23. The Hall–Kier alpha value is -3.89. The van der Waals surface area contributed by atoms with Crippen LogP contribution in [0.1, 0.15) is 61.0 Å². The molecule has 2 saturated carbocycles. The number of amides is 1. The molecule has 3 heterocycles. The third-order valence-corrected chi connectivity index (χ3v) is 6.72. The zero-order chi connectivity index (χ0) is 23.1. The third kappa shape index (κ3) is 3.90. The molecule has 33 heavy (non-hydrogen) atoms. The smallest absolute Gasteiger partial charge is 0.226 e. The molecule has 2 aromatic heterocycles. The lowest BCUT2D eigenvalue weighted by atomic mass is 9.96. The SMILES string of the molecule is C#Cc1cc(-c2cc(C#N)c(N3CCN(C(=O)C4CC4)C(C)C3)nc2C2CC2)c(C#N)cn1. The van der Waals surface area contributed by atoms with Crippen molar-refractivity contribution in [2.45, 2.75) is 44.6 Å². The average molecular weight is 437 g/mol. The van der Waals surface area contributed by atoms with Crippen LogP contribution in [0, 0.1) is 40.9 Å². The standard InChI is InChI=1S/C26H24N6O/c1-3-21-11-22(20(13-28)14-29-21)23-10-19(12-27)25(30-24(23)17-4-5-17)31-8-9-32(16(2)15-31)26(33)18-6-7-18/h1,10-11,14,16-18H,4-9,15H2,2H3. The van der Waals surface area contributed by atoms with Crippen LogP contribution in [0.2, 0.25) is 0 Å².